The number of halogens is 1. The van der Waals surface area contributed by atoms with Crippen LogP contribution in [-0.4, -0.2) is 61.5 Å². The van der Waals surface area contributed by atoms with E-state index >= 15 is 0 Å². The number of sulfonamides is 1. The number of carbonyl (C=O) groups excluding carboxylic acids is 2. The Bertz CT molecular complexity index is 1200. The number of rotatable bonds is 7. The summed E-state index contributed by atoms with van der Waals surface area (Å²) in [5.41, 5.74) is 1.10. The first-order chi connectivity index (χ1) is 16.9. The second kappa shape index (κ2) is 11.5. The van der Waals surface area contributed by atoms with Crippen LogP contribution in [0, 0.1) is 0 Å². The van der Waals surface area contributed by atoms with Gasteiger partial charge in [0, 0.05) is 36.1 Å². The first-order valence-electron chi connectivity index (χ1n) is 11.5. The number of likely N-dealkylation sites (tertiary alicyclic amines) is 1. The van der Waals surface area contributed by atoms with Gasteiger partial charge < -0.3 is 14.4 Å². The van der Waals surface area contributed by atoms with Crippen molar-refractivity contribution in [3.05, 3.63) is 75.7 Å². The smallest absolute Gasteiger partial charge is 0.410 e. The monoisotopic (exact) mass is 534 g/mol. The molecule has 2 aromatic carbocycles. The lowest BCUT2D eigenvalue weighted by atomic mass is 10.1. The van der Waals surface area contributed by atoms with Crippen LogP contribution in [0.5, 0.6) is 0 Å². The van der Waals surface area contributed by atoms with Crippen molar-refractivity contribution in [3.8, 4) is 0 Å². The molecular weight excluding hydrogens is 504 g/mol. The molecule has 0 N–H and O–H groups in total. The van der Waals surface area contributed by atoms with Crippen LogP contribution >= 0.6 is 11.6 Å². The number of amides is 1. The maximum atomic E-state index is 13.5. The lowest BCUT2D eigenvalue weighted by Crippen LogP contribution is -2.42. The molecule has 1 aliphatic rings. The normalized spacial score (nSPS) is 16.5. The van der Waals surface area contributed by atoms with E-state index in [9.17, 15) is 18.0 Å². The standard InChI is InChI=1S/C26H31ClN2O6S/c1-26(2,3)35-25(31)28-15-13-23(18-28)29(17-20-5-9-21(10-6-20)24(30)34-4)36(32,33)16-14-19-7-11-22(27)12-8-19/h5-12,14,16,23H,13,15,17-18H2,1-4H3/b16-14+. The van der Waals surface area contributed by atoms with Gasteiger partial charge in [-0.2, -0.15) is 4.31 Å². The highest BCUT2D eigenvalue weighted by Gasteiger charge is 2.37. The van der Waals surface area contributed by atoms with E-state index in [0.717, 1.165) is 5.41 Å². The van der Waals surface area contributed by atoms with Gasteiger partial charge in [0.15, 0.2) is 0 Å². The fourth-order valence-corrected chi connectivity index (χ4v) is 5.28. The molecule has 0 spiro atoms. The van der Waals surface area contributed by atoms with Gasteiger partial charge in [-0.05, 0) is 68.7 Å². The van der Waals surface area contributed by atoms with Gasteiger partial charge in [0.1, 0.15) is 5.60 Å². The van der Waals surface area contributed by atoms with Crippen molar-refractivity contribution in [2.24, 2.45) is 0 Å². The summed E-state index contributed by atoms with van der Waals surface area (Å²) in [6.07, 6.45) is 1.51. The van der Waals surface area contributed by atoms with Gasteiger partial charge in [-0.3, -0.25) is 0 Å². The van der Waals surface area contributed by atoms with Crippen LogP contribution in [0.3, 0.4) is 0 Å². The summed E-state index contributed by atoms with van der Waals surface area (Å²) >= 11 is 5.93. The van der Waals surface area contributed by atoms with Gasteiger partial charge in [0.05, 0.1) is 12.7 Å². The molecule has 36 heavy (non-hydrogen) atoms. The predicted octanol–water partition coefficient (Wildman–Crippen LogP) is 4.94. The molecule has 1 aliphatic heterocycles. The molecule has 2 aromatic rings. The van der Waals surface area contributed by atoms with Crippen molar-refractivity contribution in [2.45, 2.75) is 45.4 Å². The zero-order chi connectivity index (χ0) is 26.5. The van der Waals surface area contributed by atoms with Crippen molar-refractivity contribution >= 4 is 39.8 Å². The van der Waals surface area contributed by atoms with Crippen molar-refractivity contribution in [1.82, 2.24) is 9.21 Å². The minimum atomic E-state index is -3.88. The number of carbonyl (C=O) groups is 2. The quantitative estimate of drug-likeness (QED) is 0.467. The minimum absolute atomic E-state index is 0.0710. The summed E-state index contributed by atoms with van der Waals surface area (Å²) in [6, 6.07) is 12.9. The van der Waals surface area contributed by atoms with Crippen LogP contribution in [0.2, 0.25) is 5.02 Å². The van der Waals surface area contributed by atoms with Crippen molar-refractivity contribution in [3.63, 3.8) is 0 Å². The molecule has 0 aliphatic carbocycles. The Balaban J connectivity index is 1.85. The van der Waals surface area contributed by atoms with Crippen LogP contribution in [0.15, 0.2) is 53.9 Å². The highest BCUT2D eigenvalue weighted by atomic mass is 35.5. The molecule has 10 heteroatoms. The van der Waals surface area contributed by atoms with Crippen LogP contribution in [0.4, 0.5) is 4.79 Å². The molecule has 1 heterocycles. The Morgan fingerprint density at radius 2 is 1.75 bits per heavy atom. The van der Waals surface area contributed by atoms with E-state index in [2.05, 4.69) is 0 Å². The van der Waals surface area contributed by atoms with E-state index in [4.69, 9.17) is 21.1 Å². The molecule has 1 unspecified atom stereocenters. The molecule has 8 nitrogen and oxygen atoms in total. The van der Waals surface area contributed by atoms with Crippen LogP contribution in [0.1, 0.15) is 48.7 Å². The SMILES string of the molecule is COC(=O)c1ccc(CN(C2CCN(C(=O)OC(C)(C)C)C2)S(=O)(=O)/C=C/c2ccc(Cl)cc2)cc1. The molecule has 3 rings (SSSR count). The summed E-state index contributed by atoms with van der Waals surface area (Å²) in [5, 5.41) is 1.72. The molecule has 0 bridgehead atoms. The Morgan fingerprint density at radius 3 is 2.33 bits per heavy atom. The van der Waals surface area contributed by atoms with Gasteiger partial charge in [-0.1, -0.05) is 35.9 Å². The molecule has 0 saturated carbocycles. The van der Waals surface area contributed by atoms with Crippen molar-refractivity contribution < 1.29 is 27.5 Å². The number of methoxy groups -OCH3 is 1. The zero-order valence-corrected chi connectivity index (χ0v) is 22.4. The highest BCUT2D eigenvalue weighted by molar-refractivity contribution is 7.92. The van der Waals surface area contributed by atoms with Gasteiger partial charge in [-0.25, -0.2) is 18.0 Å². The molecule has 1 saturated heterocycles. The molecule has 1 atom stereocenters. The third-order valence-electron chi connectivity index (χ3n) is 5.57. The Kier molecular flexibility index (Phi) is 8.81. The molecular formula is C26H31ClN2O6S. The second-order valence-corrected chi connectivity index (χ2v) is 11.7. The maximum absolute atomic E-state index is 13.5. The predicted molar refractivity (Wildman–Crippen MR) is 139 cm³/mol. The lowest BCUT2D eigenvalue weighted by Gasteiger charge is -2.28. The van der Waals surface area contributed by atoms with Gasteiger partial charge in [-0.15, -0.1) is 0 Å². The van der Waals surface area contributed by atoms with Gasteiger partial charge in [0.25, 0.3) is 0 Å². The summed E-state index contributed by atoms with van der Waals surface area (Å²) in [7, 11) is -2.58. The average molecular weight is 535 g/mol. The highest BCUT2D eigenvalue weighted by Crippen LogP contribution is 2.25. The topological polar surface area (TPSA) is 93.2 Å². The van der Waals surface area contributed by atoms with E-state index in [1.165, 1.54) is 22.4 Å². The first kappa shape index (κ1) is 27.7. The summed E-state index contributed by atoms with van der Waals surface area (Å²) in [4.78, 5) is 25.9. The number of nitrogens with zero attached hydrogens (tertiary/aromatic N) is 2. The van der Waals surface area contributed by atoms with E-state index in [1.807, 2.05) is 0 Å². The molecule has 1 amide bonds. The summed E-state index contributed by atoms with van der Waals surface area (Å²) in [5.74, 6) is -0.472. The lowest BCUT2D eigenvalue weighted by molar-refractivity contribution is 0.0286. The van der Waals surface area contributed by atoms with E-state index in [-0.39, 0.29) is 13.1 Å². The van der Waals surface area contributed by atoms with Crippen molar-refractivity contribution in [2.75, 3.05) is 20.2 Å². The number of esters is 1. The number of hydrogen-bond acceptors (Lipinski definition) is 6. The molecule has 1 fully saturated rings. The second-order valence-electron chi connectivity index (χ2n) is 9.50. The van der Waals surface area contributed by atoms with Crippen LogP contribution < -0.4 is 0 Å². The molecule has 194 valence electrons. The average Bonchev–Trinajstić information content (AvgIpc) is 3.31. The van der Waals surface area contributed by atoms with Crippen LogP contribution in [0.25, 0.3) is 6.08 Å². The Hall–Kier alpha value is -2.88. The Morgan fingerprint density at radius 1 is 1.11 bits per heavy atom. The molecule has 0 radical (unpaired) electrons. The molecule has 0 aromatic heterocycles. The summed E-state index contributed by atoms with van der Waals surface area (Å²) < 4.78 is 38.6. The first-order valence-corrected chi connectivity index (χ1v) is 13.4. The van der Waals surface area contributed by atoms with Crippen LogP contribution in [-0.2, 0) is 26.0 Å². The minimum Gasteiger partial charge on any atom is -0.465 e. The number of hydrogen-bond donors (Lipinski definition) is 0. The summed E-state index contributed by atoms with van der Waals surface area (Å²) in [6.45, 7) is 6.02. The van der Waals surface area contributed by atoms with E-state index in [0.29, 0.717) is 34.7 Å². The van der Waals surface area contributed by atoms with E-state index in [1.54, 1.807) is 69.3 Å². The van der Waals surface area contributed by atoms with Gasteiger partial charge >= 0.3 is 12.1 Å². The third kappa shape index (κ3) is 7.56. The Labute approximate surface area is 217 Å². The number of ether oxygens (including phenoxy) is 2. The number of benzene rings is 2. The third-order valence-corrected chi connectivity index (χ3v) is 7.38. The maximum Gasteiger partial charge on any atom is 0.410 e. The van der Waals surface area contributed by atoms with E-state index < -0.39 is 33.7 Å². The zero-order valence-electron chi connectivity index (χ0n) is 20.8. The fourth-order valence-electron chi connectivity index (χ4n) is 3.76. The van der Waals surface area contributed by atoms with Crippen molar-refractivity contribution in [1.29, 1.82) is 0 Å². The fraction of sp³-hybridized carbons (Fsp3) is 0.385. The largest absolute Gasteiger partial charge is 0.465 e. The van der Waals surface area contributed by atoms with Gasteiger partial charge in [0.2, 0.25) is 10.0 Å².